The van der Waals surface area contributed by atoms with Gasteiger partial charge >= 0.3 is 0 Å². The smallest absolute Gasteiger partial charge is 0.268 e. The molecule has 2 rings (SSSR count). The second-order valence-corrected chi connectivity index (χ2v) is 3.73. The van der Waals surface area contributed by atoms with Gasteiger partial charge in [-0.05, 0) is 11.4 Å². The molecule has 1 fully saturated rings. The van der Waals surface area contributed by atoms with Crippen LogP contribution in [-0.2, 0) is 9.63 Å². The molecule has 2 N–H and O–H groups in total. The minimum Gasteiger partial charge on any atom is -0.337 e. The lowest BCUT2D eigenvalue weighted by Gasteiger charge is -2.06. The Morgan fingerprint density at radius 1 is 1.71 bits per heavy atom. The summed E-state index contributed by atoms with van der Waals surface area (Å²) in [6, 6.07) is 2.91. The Labute approximate surface area is 84.0 Å². The number of hydrogen-bond donors (Lipinski definition) is 2. The Balaban J connectivity index is 1.98. The standard InChI is InChI=1S/C8H8N2O3S/c11-7-5(4-13-10-7)9-8(12)6-2-1-3-14-6/h1-3,5H,4H2,(H,9,12)(H,10,11)/t5-/m1/s1. The molecular formula is C8H8N2O3S. The van der Waals surface area contributed by atoms with Gasteiger partial charge in [0.05, 0.1) is 4.88 Å². The molecule has 0 unspecified atom stereocenters. The van der Waals surface area contributed by atoms with E-state index in [4.69, 9.17) is 0 Å². The van der Waals surface area contributed by atoms with Gasteiger partial charge in [0, 0.05) is 0 Å². The zero-order valence-electron chi connectivity index (χ0n) is 7.15. The molecule has 0 spiro atoms. The topological polar surface area (TPSA) is 67.4 Å². The summed E-state index contributed by atoms with van der Waals surface area (Å²) in [5, 5.41) is 4.37. The molecule has 1 aromatic rings. The van der Waals surface area contributed by atoms with Crippen molar-refractivity contribution in [3.05, 3.63) is 22.4 Å². The van der Waals surface area contributed by atoms with Crippen LogP contribution in [0.2, 0.25) is 0 Å². The monoisotopic (exact) mass is 212 g/mol. The zero-order chi connectivity index (χ0) is 9.97. The van der Waals surface area contributed by atoms with Crippen molar-refractivity contribution in [3.8, 4) is 0 Å². The van der Waals surface area contributed by atoms with Crippen LogP contribution in [0.5, 0.6) is 0 Å². The Hall–Kier alpha value is -1.40. The first kappa shape index (κ1) is 9.17. The molecule has 0 saturated carbocycles. The summed E-state index contributed by atoms with van der Waals surface area (Å²) in [5.74, 6) is -0.555. The number of carbonyl (C=O) groups excluding carboxylic acids is 2. The second kappa shape index (κ2) is 3.77. The van der Waals surface area contributed by atoms with Crippen molar-refractivity contribution in [2.75, 3.05) is 6.61 Å². The van der Waals surface area contributed by atoms with Gasteiger partial charge in [-0.2, -0.15) is 0 Å². The first-order chi connectivity index (χ1) is 6.77. The van der Waals surface area contributed by atoms with Crippen LogP contribution in [0.15, 0.2) is 17.5 Å². The van der Waals surface area contributed by atoms with E-state index in [0.717, 1.165) is 0 Å². The Morgan fingerprint density at radius 3 is 3.14 bits per heavy atom. The van der Waals surface area contributed by atoms with Crippen LogP contribution >= 0.6 is 11.3 Å². The van der Waals surface area contributed by atoms with Gasteiger partial charge in [0.15, 0.2) is 0 Å². The second-order valence-electron chi connectivity index (χ2n) is 2.78. The van der Waals surface area contributed by atoms with Gasteiger partial charge in [-0.15, -0.1) is 11.3 Å². The molecule has 1 aliphatic heterocycles. The van der Waals surface area contributed by atoms with Crippen molar-refractivity contribution in [1.82, 2.24) is 10.8 Å². The minimum absolute atomic E-state index is 0.177. The number of hydroxylamine groups is 1. The predicted octanol–water partition coefficient (Wildman–Crippen LogP) is -0.0921. The summed E-state index contributed by atoms with van der Waals surface area (Å²) in [6.45, 7) is 0.177. The van der Waals surface area contributed by atoms with Crippen molar-refractivity contribution >= 4 is 23.2 Å². The van der Waals surface area contributed by atoms with E-state index in [1.807, 2.05) is 0 Å². The molecule has 2 amide bonds. The third-order valence-corrected chi connectivity index (χ3v) is 2.66. The van der Waals surface area contributed by atoms with Gasteiger partial charge in [-0.3, -0.25) is 14.4 Å². The van der Waals surface area contributed by atoms with Crippen molar-refractivity contribution < 1.29 is 14.4 Å². The number of rotatable bonds is 2. The molecule has 0 radical (unpaired) electrons. The van der Waals surface area contributed by atoms with Gasteiger partial charge in [0.1, 0.15) is 12.6 Å². The summed E-state index contributed by atoms with van der Waals surface area (Å²) in [4.78, 5) is 27.8. The quantitative estimate of drug-likeness (QED) is 0.719. The molecule has 1 atom stereocenters. The van der Waals surface area contributed by atoms with E-state index in [0.29, 0.717) is 4.88 Å². The lowest BCUT2D eigenvalue weighted by atomic mass is 10.3. The van der Waals surface area contributed by atoms with Gasteiger partial charge in [0.25, 0.3) is 11.8 Å². The summed E-state index contributed by atoms with van der Waals surface area (Å²) in [6.07, 6.45) is 0. The molecule has 0 aromatic carbocycles. The van der Waals surface area contributed by atoms with E-state index in [2.05, 4.69) is 15.6 Å². The molecule has 0 bridgehead atoms. The molecule has 1 aliphatic rings. The van der Waals surface area contributed by atoms with Crippen LogP contribution < -0.4 is 10.8 Å². The highest BCUT2D eigenvalue weighted by molar-refractivity contribution is 7.12. The average Bonchev–Trinajstić information content (AvgIpc) is 2.77. The Morgan fingerprint density at radius 2 is 2.57 bits per heavy atom. The number of thiophene rings is 1. The fraction of sp³-hybridized carbons (Fsp3) is 0.250. The molecule has 14 heavy (non-hydrogen) atoms. The van der Waals surface area contributed by atoms with Crippen LogP contribution in [0.4, 0.5) is 0 Å². The minimum atomic E-state index is -0.579. The molecule has 1 saturated heterocycles. The molecule has 5 nitrogen and oxygen atoms in total. The molecule has 1 aromatic heterocycles. The van der Waals surface area contributed by atoms with E-state index in [1.54, 1.807) is 17.5 Å². The number of hydrogen-bond acceptors (Lipinski definition) is 4. The molecule has 6 heteroatoms. The third kappa shape index (κ3) is 1.75. The number of amides is 2. The van der Waals surface area contributed by atoms with Crippen LogP contribution in [0.1, 0.15) is 9.67 Å². The van der Waals surface area contributed by atoms with Crippen molar-refractivity contribution in [2.24, 2.45) is 0 Å². The highest BCUT2D eigenvalue weighted by atomic mass is 32.1. The van der Waals surface area contributed by atoms with Crippen LogP contribution in [0, 0.1) is 0 Å². The van der Waals surface area contributed by atoms with E-state index in [9.17, 15) is 9.59 Å². The Bertz CT molecular complexity index is 349. The summed E-state index contributed by atoms with van der Waals surface area (Å²) in [7, 11) is 0. The largest absolute Gasteiger partial charge is 0.337 e. The molecule has 74 valence electrons. The van der Waals surface area contributed by atoms with E-state index in [1.165, 1.54) is 11.3 Å². The van der Waals surface area contributed by atoms with Crippen molar-refractivity contribution in [3.63, 3.8) is 0 Å². The highest BCUT2D eigenvalue weighted by Crippen LogP contribution is 2.08. The van der Waals surface area contributed by atoms with Gasteiger partial charge < -0.3 is 5.32 Å². The maximum atomic E-state index is 11.5. The van der Waals surface area contributed by atoms with Crippen LogP contribution in [0.25, 0.3) is 0 Å². The lowest BCUT2D eigenvalue weighted by molar-refractivity contribution is -0.125. The maximum Gasteiger partial charge on any atom is 0.268 e. The lowest BCUT2D eigenvalue weighted by Crippen LogP contribution is -2.41. The van der Waals surface area contributed by atoms with E-state index >= 15 is 0 Å². The van der Waals surface area contributed by atoms with Gasteiger partial charge in [-0.1, -0.05) is 6.07 Å². The summed E-state index contributed by atoms with van der Waals surface area (Å²) >= 11 is 1.33. The zero-order valence-corrected chi connectivity index (χ0v) is 7.97. The normalized spacial score (nSPS) is 20.6. The fourth-order valence-corrected chi connectivity index (χ4v) is 1.71. The van der Waals surface area contributed by atoms with Gasteiger partial charge in [-0.25, -0.2) is 5.48 Å². The van der Waals surface area contributed by atoms with Crippen LogP contribution in [0.3, 0.4) is 0 Å². The van der Waals surface area contributed by atoms with E-state index in [-0.39, 0.29) is 18.4 Å². The third-order valence-electron chi connectivity index (χ3n) is 1.79. The maximum absolute atomic E-state index is 11.5. The first-order valence-electron chi connectivity index (χ1n) is 4.03. The molecular weight excluding hydrogens is 204 g/mol. The summed E-state index contributed by atoms with van der Waals surface area (Å²) in [5.41, 5.74) is 2.17. The Kier molecular flexibility index (Phi) is 2.47. The number of carbonyl (C=O) groups is 2. The number of nitrogens with one attached hydrogen (secondary N) is 2. The molecule has 2 heterocycles. The van der Waals surface area contributed by atoms with E-state index < -0.39 is 6.04 Å². The van der Waals surface area contributed by atoms with Crippen molar-refractivity contribution in [2.45, 2.75) is 6.04 Å². The van der Waals surface area contributed by atoms with Crippen molar-refractivity contribution in [1.29, 1.82) is 0 Å². The summed E-state index contributed by atoms with van der Waals surface area (Å²) < 4.78 is 0. The average molecular weight is 212 g/mol. The van der Waals surface area contributed by atoms with Crippen LogP contribution in [-0.4, -0.2) is 24.5 Å². The first-order valence-corrected chi connectivity index (χ1v) is 4.91. The van der Waals surface area contributed by atoms with Gasteiger partial charge in [0.2, 0.25) is 0 Å². The molecule has 0 aliphatic carbocycles. The highest BCUT2D eigenvalue weighted by Gasteiger charge is 2.27. The fourth-order valence-electron chi connectivity index (χ4n) is 1.09. The predicted molar refractivity (Wildman–Crippen MR) is 49.7 cm³/mol. The SMILES string of the molecule is O=C(N[C@@H]1CONC1=O)c1cccs1.